The molecule has 3 aromatic rings. The predicted octanol–water partition coefficient (Wildman–Crippen LogP) is 4.46. The Bertz CT molecular complexity index is 708. The Balaban J connectivity index is 2.01. The molecule has 0 unspecified atom stereocenters. The van der Waals surface area contributed by atoms with Crippen molar-refractivity contribution >= 4 is 44.3 Å². The van der Waals surface area contributed by atoms with Crippen LogP contribution >= 0.6 is 27.7 Å². The van der Waals surface area contributed by atoms with E-state index in [1.807, 2.05) is 30.3 Å². The van der Waals surface area contributed by atoms with Crippen LogP contribution in [0.15, 0.2) is 56.6 Å². The Morgan fingerprint density at radius 3 is 3.00 bits per heavy atom. The summed E-state index contributed by atoms with van der Waals surface area (Å²) in [4.78, 5) is 5.39. The number of fused-ring (bicyclic) bond motifs is 1. The van der Waals surface area contributed by atoms with Gasteiger partial charge in [-0.25, -0.2) is 0 Å². The van der Waals surface area contributed by atoms with Crippen molar-refractivity contribution in [3.05, 3.63) is 53.0 Å². The van der Waals surface area contributed by atoms with Gasteiger partial charge >= 0.3 is 0 Å². The van der Waals surface area contributed by atoms with Gasteiger partial charge in [0.15, 0.2) is 0 Å². The molecular formula is C14H11BrN2OS. The molecule has 0 saturated heterocycles. The molecule has 0 atom stereocenters. The summed E-state index contributed by atoms with van der Waals surface area (Å²) in [6.45, 7) is 0. The third-order valence-corrected chi connectivity index (χ3v) is 4.41. The van der Waals surface area contributed by atoms with Gasteiger partial charge in [0.2, 0.25) is 0 Å². The summed E-state index contributed by atoms with van der Waals surface area (Å²) in [5, 5.41) is 1.06. The highest BCUT2D eigenvalue weighted by molar-refractivity contribution is 9.10. The van der Waals surface area contributed by atoms with Gasteiger partial charge in [-0.05, 0) is 30.3 Å². The van der Waals surface area contributed by atoms with Crippen molar-refractivity contribution in [3.63, 3.8) is 0 Å². The van der Waals surface area contributed by atoms with E-state index in [1.54, 1.807) is 24.2 Å². The number of nitrogen functional groups attached to an aromatic ring is 1. The average molecular weight is 335 g/mol. The van der Waals surface area contributed by atoms with Gasteiger partial charge in [0.05, 0.1) is 29.4 Å². The second-order valence-electron chi connectivity index (χ2n) is 4.07. The van der Waals surface area contributed by atoms with Crippen LogP contribution < -0.4 is 5.73 Å². The van der Waals surface area contributed by atoms with Gasteiger partial charge in [0, 0.05) is 14.8 Å². The Kier molecular flexibility index (Phi) is 3.48. The van der Waals surface area contributed by atoms with Crippen molar-refractivity contribution in [2.45, 2.75) is 10.6 Å². The summed E-state index contributed by atoms with van der Waals surface area (Å²) < 4.78 is 6.36. The number of hydrogen-bond donors (Lipinski definition) is 1. The van der Waals surface area contributed by atoms with E-state index >= 15 is 0 Å². The Morgan fingerprint density at radius 2 is 2.21 bits per heavy atom. The van der Waals surface area contributed by atoms with Crippen LogP contribution in [0.1, 0.15) is 5.76 Å². The molecule has 0 fully saturated rings. The van der Waals surface area contributed by atoms with Gasteiger partial charge in [0.25, 0.3) is 0 Å². The highest BCUT2D eigenvalue weighted by atomic mass is 79.9. The molecule has 96 valence electrons. The van der Waals surface area contributed by atoms with E-state index in [1.165, 1.54) is 0 Å². The smallest absolute Gasteiger partial charge is 0.114 e. The second kappa shape index (κ2) is 5.27. The lowest BCUT2D eigenvalue weighted by Crippen LogP contribution is -1.93. The number of benzene rings is 1. The molecule has 2 aromatic heterocycles. The zero-order chi connectivity index (χ0) is 13.2. The minimum absolute atomic E-state index is 0.696. The van der Waals surface area contributed by atoms with E-state index in [4.69, 9.17) is 10.2 Å². The van der Waals surface area contributed by atoms with Gasteiger partial charge < -0.3 is 10.2 Å². The van der Waals surface area contributed by atoms with Crippen LogP contribution in [0.3, 0.4) is 0 Å². The number of anilines is 1. The zero-order valence-corrected chi connectivity index (χ0v) is 12.4. The van der Waals surface area contributed by atoms with E-state index in [-0.39, 0.29) is 0 Å². The van der Waals surface area contributed by atoms with Crippen LogP contribution in [0, 0.1) is 0 Å². The fourth-order valence-corrected chi connectivity index (χ4v) is 3.21. The van der Waals surface area contributed by atoms with Gasteiger partial charge in [-0.1, -0.05) is 15.9 Å². The van der Waals surface area contributed by atoms with Crippen molar-refractivity contribution in [2.75, 3.05) is 5.73 Å². The number of nitrogens with zero attached hydrogens (tertiary/aromatic N) is 1. The number of halogens is 1. The number of pyridine rings is 1. The van der Waals surface area contributed by atoms with Crippen LogP contribution in [0.5, 0.6) is 0 Å². The number of nitrogens with two attached hydrogens (primary N) is 1. The SMILES string of the molecule is Nc1cnc2ccc(Br)cc2c1SCc1ccco1. The van der Waals surface area contributed by atoms with E-state index < -0.39 is 0 Å². The monoisotopic (exact) mass is 334 g/mol. The first-order valence-electron chi connectivity index (χ1n) is 5.73. The lowest BCUT2D eigenvalue weighted by atomic mass is 10.2. The normalized spacial score (nSPS) is 11.0. The van der Waals surface area contributed by atoms with E-state index in [9.17, 15) is 0 Å². The lowest BCUT2D eigenvalue weighted by molar-refractivity contribution is 0.530. The zero-order valence-electron chi connectivity index (χ0n) is 9.97. The standard InChI is InChI=1S/C14H11BrN2OS/c15-9-3-4-13-11(6-9)14(12(16)7-17-13)19-8-10-2-1-5-18-10/h1-7H,8,16H2. The minimum Gasteiger partial charge on any atom is -0.468 e. The molecule has 0 aliphatic carbocycles. The maximum absolute atomic E-state index is 6.05. The van der Waals surface area contributed by atoms with Crippen LogP contribution in [0.25, 0.3) is 10.9 Å². The van der Waals surface area contributed by atoms with Crippen LogP contribution in [-0.2, 0) is 5.75 Å². The number of thioether (sulfide) groups is 1. The molecule has 19 heavy (non-hydrogen) atoms. The van der Waals surface area contributed by atoms with E-state index in [2.05, 4.69) is 20.9 Å². The third-order valence-electron chi connectivity index (χ3n) is 2.75. The molecule has 0 saturated carbocycles. The number of aromatic nitrogens is 1. The van der Waals surface area contributed by atoms with Crippen molar-refractivity contribution < 1.29 is 4.42 Å². The molecule has 3 nitrogen and oxygen atoms in total. The average Bonchev–Trinajstić information content (AvgIpc) is 2.91. The molecule has 2 heterocycles. The topological polar surface area (TPSA) is 52.0 Å². The summed E-state index contributed by atoms with van der Waals surface area (Å²) in [7, 11) is 0. The maximum atomic E-state index is 6.05. The fraction of sp³-hybridized carbons (Fsp3) is 0.0714. The molecule has 0 radical (unpaired) electrons. The molecule has 0 bridgehead atoms. The van der Waals surface area contributed by atoms with E-state index in [0.717, 1.165) is 31.8 Å². The minimum atomic E-state index is 0.696. The van der Waals surface area contributed by atoms with E-state index in [0.29, 0.717) is 5.69 Å². The largest absolute Gasteiger partial charge is 0.468 e. The number of hydrogen-bond acceptors (Lipinski definition) is 4. The first-order valence-corrected chi connectivity index (χ1v) is 7.51. The molecule has 2 N–H and O–H groups in total. The molecule has 0 aliphatic rings. The molecule has 5 heteroatoms. The number of rotatable bonds is 3. The summed E-state index contributed by atoms with van der Waals surface area (Å²) >= 11 is 5.15. The molecule has 0 amide bonds. The molecule has 3 rings (SSSR count). The molecule has 0 spiro atoms. The number of furan rings is 1. The highest BCUT2D eigenvalue weighted by Gasteiger charge is 2.09. The Morgan fingerprint density at radius 1 is 1.32 bits per heavy atom. The maximum Gasteiger partial charge on any atom is 0.114 e. The van der Waals surface area contributed by atoms with Gasteiger partial charge in [-0.15, -0.1) is 11.8 Å². The second-order valence-corrected chi connectivity index (χ2v) is 5.97. The highest BCUT2D eigenvalue weighted by Crippen LogP contribution is 2.35. The van der Waals surface area contributed by atoms with Gasteiger partial charge in [0.1, 0.15) is 5.76 Å². The molecule has 1 aromatic carbocycles. The van der Waals surface area contributed by atoms with Gasteiger partial charge in [-0.3, -0.25) is 4.98 Å². The first kappa shape index (κ1) is 12.6. The van der Waals surface area contributed by atoms with Crippen LogP contribution in [0.2, 0.25) is 0 Å². The van der Waals surface area contributed by atoms with Crippen molar-refractivity contribution in [1.82, 2.24) is 4.98 Å². The predicted molar refractivity (Wildman–Crippen MR) is 82.1 cm³/mol. The third kappa shape index (κ3) is 2.62. The quantitative estimate of drug-likeness (QED) is 0.718. The lowest BCUT2D eigenvalue weighted by Gasteiger charge is -2.08. The van der Waals surface area contributed by atoms with Crippen LogP contribution in [0.4, 0.5) is 5.69 Å². The summed E-state index contributed by atoms with van der Waals surface area (Å²) in [5.74, 6) is 1.69. The van der Waals surface area contributed by atoms with Crippen molar-refractivity contribution in [3.8, 4) is 0 Å². The summed E-state index contributed by atoms with van der Waals surface area (Å²) in [6.07, 6.45) is 3.39. The fourth-order valence-electron chi connectivity index (χ4n) is 1.86. The molecule has 0 aliphatic heterocycles. The van der Waals surface area contributed by atoms with Crippen molar-refractivity contribution in [2.24, 2.45) is 0 Å². The first-order chi connectivity index (χ1) is 9.24. The van der Waals surface area contributed by atoms with Crippen molar-refractivity contribution in [1.29, 1.82) is 0 Å². The van der Waals surface area contributed by atoms with Crippen LogP contribution in [-0.4, -0.2) is 4.98 Å². The Labute approximate surface area is 123 Å². The molecular weight excluding hydrogens is 324 g/mol. The summed E-state index contributed by atoms with van der Waals surface area (Å²) in [5.41, 5.74) is 7.69. The Hall–Kier alpha value is -1.46. The summed E-state index contributed by atoms with van der Waals surface area (Å²) in [6, 6.07) is 9.86. The van der Waals surface area contributed by atoms with Gasteiger partial charge in [-0.2, -0.15) is 0 Å².